The zero-order valence-corrected chi connectivity index (χ0v) is 8.24. The largest absolute Gasteiger partial charge is 0.390 e. The smallest absolute Gasteiger partial charge is 0.234 e. The van der Waals surface area contributed by atoms with Crippen LogP contribution in [0.2, 0.25) is 0 Å². The highest BCUT2D eigenvalue weighted by Gasteiger charge is 2.01. The van der Waals surface area contributed by atoms with E-state index in [4.69, 9.17) is 5.11 Å². The van der Waals surface area contributed by atoms with Crippen molar-refractivity contribution in [3.8, 4) is 0 Å². The van der Waals surface area contributed by atoms with Crippen LogP contribution in [0.15, 0.2) is 47.9 Å². The number of allylic oxidation sites excluding steroid dienone is 1. The van der Waals surface area contributed by atoms with Crippen molar-refractivity contribution in [2.45, 2.75) is 6.61 Å². The van der Waals surface area contributed by atoms with Crippen molar-refractivity contribution in [1.29, 1.82) is 0 Å². The van der Waals surface area contributed by atoms with E-state index in [1.807, 2.05) is 0 Å². The molecule has 0 amide bonds. The monoisotopic (exact) mass is 204 g/mol. The third kappa shape index (κ3) is 2.99. The molecule has 1 aromatic rings. The number of aromatic nitrogens is 2. The Kier molecular flexibility index (Phi) is 4.18. The Bertz CT molecular complexity index is 403. The Balaban J connectivity index is 2.98. The Morgan fingerprint density at radius 2 is 2.40 bits per heavy atom. The summed E-state index contributed by atoms with van der Waals surface area (Å²) >= 11 is 0. The fourth-order valence-electron chi connectivity index (χ4n) is 0.922. The summed E-state index contributed by atoms with van der Waals surface area (Å²) in [4.78, 5) is 11.9. The molecular weight excluding hydrogens is 192 g/mol. The molecule has 1 N–H and O–H groups in total. The molecule has 0 bridgehead atoms. The number of aliphatic imine (C=N–C) groups is 2. The van der Waals surface area contributed by atoms with E-state index in [1.165, 1.54) is 18.7 Å². The molecule has 5 nitrogen and oxygen atoms in total. The molecule has 0 atom stereocenters. The summed E-state index contributed by atoms with van der Waals surface area (Å²) in [6.45, 7) is 6.89. The SMILES string of the molecule is C=C/C=N\C(=N/C=C)n1cnc(CO)c1. The second-order valence-corrected chi connectivity index (χ2v) is 2.56. The second kappa shape index (κ2) is 5.66. The highest BCUT2D eigenvalue weighted by molar-refractivity contribution is 5.92. The maximum absolute atomic E-state index is 8.85. The Morgan fingerprint density at radius 3 is 2.93 bits per heavy atom. The molecule has 0 fully saturated rings. The number of hydrogen-bond donors (Lipinski definition) is 1. The van der Waals surface area contributed by atoms with Gasteiger partial charge in [0.2, 0.25) is 5.96 Å². The van der Waals surface area contributed by atoms with Crippen LogP contribution in [-0.2, 0) is 6.61 Å². The molecule has 0 saturated carbocycles. The molecule has 78 valence electrons. The quantitative estimate of drug-likeness (QED) is 0.589. The van der Waals surface area contributed by atoms with E-state index in [0.29, 0.717) is 11.7 Å². The number of aliphatic hydroxyl groups is 1. The van der Waals surface area contributed by atoms with E-state index in [1.54, 1.807) is 16.8 Å². The van der Waals surface area contributed by atoms with Crippen LogP contribution in [0.5, 0.6) is 0 Å². The van der Waals surface area contributed by atoms with Crippen LogP contribution in [-0.4, -0.2) is 26.8 Å². The van der Waals surface area contributed by atoms with Crippen LogP contribution < -0.4 is 0 Å². The van der Waals surface area contributed by atoms with Crippen molar-refractivity contribution in [1.82, 2.24) is 9.55 Å². The summed E-state index contributed by atoms with van der Waals surface area (Å²) < 4.78 is 1.59. The number of rotatable bonds is 3. The van der Waals surface area contributed by atoms with E-state index in [0.717, 1.165) is 0 Å². The fraction of sp³-hybridized carbons (Fsp3) is 0.100. The lowest BCUT2D eigenvalue weighted by Crippen LogP contribution is -2.06. The summed E-state index contributed by atoms with van der Waals surface area (Å²) in [6.07, 6.45) is 7.61. The van der Waals surface area contributed by atoms with Gasteiger partial charge >= 0.3 is 0 Å². The first-order valence-electron chi connectivity index (χ1n) is 4.29. The second-order valence-electron chi connectivity index (χ2n) is 2.56. The van der Waals surface area contributed by atoms with E-state index < -0.39 is 0 Å². The zero-order chi connectivity index (χ0) is 11.1. The van der Waals surface area contributed by atoms with Gasteiger partial charge in [-0.1, -0.05) is 19.2 Å². The first-order valence-corrected chi connectivity index (χ1v) is 4.29. The average molecular weight is 204 g/mol. The minimum Gasteiger partial charge on any atom is -0.390 e. The van der Waals surface area contributed by atoms with Gasteiger partial charge in [-0.25, -0.2) is 15.0 Å². The molecule has 0 spiro atoms. The van der Waals surface area contributed by atoms with Crippen molar-refractivity contribution in [2.24, 2.45) is 9.98 Å². The molecule has 0 unspecified atom stereocenters. The lowest BCUT2D eigenvalue weighted by Gasteiger charge is -1.97. The Morgan fingerprint density at radius 1 is 1.60 bits per heavy atom. The van der Waals surface area contributed by atoms with Crippen LogP contribution in [0.4, 0.5) is 0 Å². The number of hydrogen-bond acceptors (Lipinski definition) is 3. The lowest BCUT2D eigenvalue weighted by atomic mass is 10.5. The molecule has 0 radical (unpaired) electrons. The zero-order valence-electron chi connectivity index (χ0n) is 8.24. The molecule has 0 aliphatic rings. The molecule has 0 aliphatic carbocycles. The maximum Gasteiger partial charge on any atom is 0.234 e. The fourth-order valence-corrected chi connectivity index (χ4v) is 0.922. The number of imidazole rings is 1. The van der Waals surface area contributed by atoms with Crippen molar-refractivity contribution >= 4 is 12.2 Å². The van der Waals surface area contributed by atoms with Gasteiger partial charge in [-0.3, -0.25) is 4.57 Å². The third-order valence-electron chi connectivity index (χ3n) is 1.53. The first-order chi connectivity index (χ1) is 7.31. The van der Waals surface area contributed by atoms with Crippen LogP contribution >= 0.6 is 0 Å². The van der Waals surface area contributed by atoms with Gasteiger partial charge in [0.25, 0.3) is 0 Å². The molecule has 15 heavy (non-hydrogen) atoms. The van der Waals surface area contributed by atoms with Crippen molar-refractivity contribution in [3.05, 3.63) is 43.7 Å². The topological polar surface area (TPSA) is 62.8 Å². The summed E-state index contributed by atoms with van der Waals surface area (Å²) in [5.41, 5.74) is 0.556. The summed E-state index contributed by atoms with van der Waals surface area (Å²) in [6, 6.07) is 0. The van der Waals surface area contributed by atoms with Gasteiger partial charge in [0.15, 0.2) is 0 Å². The molecular formula is C10H12N4O. The van der Waals surface area contributed by atoms with Gasteiger partial charge in [0.05, 0.1) is 12.3 Å². The average Bonchev–Trinajstić information content (AvgIpc) is 2.72. The minimum absolute atomic E-state index is 0.112. The standard InChI is InChI=1S/C10H12N4O/c1-3-5-12-10(11-4-2)14-6-9(7-15)13-8-14/h3-6,8,15H,1-2,7H2/b11-10+,12-5-. The van der Waals surface area contributed by atoms with Crippen LogP contribution in [0, 0.1) is 0 Å². The predicted molar refractivity (Wildman–Crippen MR) is 59.9 cm³/mol. The number of aliphatic hydroxyl groups excluding tert-OH is 1. The van der Waals surface area contributed by atoms with E-state index in [2.05, 4.69) is 28.1 Å². The Hall–Kier alpha value is -2.01. The molecule has 1 aromatic heterocycles. The van der Waals surface area contributed by atoms with Gasteiger partial charge in [0, 0.05) is 18.6 Å². The summed E-state index contributed by atoms with van der Waals surface area (Å²) in [5, 5.41) is 8.85. The predicted octanol–water partition coefficient (Wildman–Crippen LogP) is 0.980. The molecule has 0 saturated heterocycles. The van der Waals surface area contributed by atoms with Gasteiger partial charge in [0.1, 0.15) is 6.33 Å². The highest BCUT2D eigenvalue weighted by atomic mass is 16.3. The number of nitrogens with zero attached hydrogens (tertiary/aromatic N) is 4. The van der Waals surface area contributed by atoms with Crippen LogP contribution in [0.25, 0.3) is 0 Å². The highest BCUT2D eigenvalue weighted by Crippen LogP contribution is 1.97. The first kappa shape index (κ1) is 11.1. The third-order valence-corrected chi connectivity index (χ3v) is 1.53. The van der Waals surface area contributed by atoms with Crippen LogP contribution in [0.1, 0.15) is 5.69 Å². The Labute approximate surface area is 87.8 Å². The molecule has 0 aliphatic heterocycles. The summed E-state index contributed by atoms with van der Waals surface area (Å²) in [7, 11) is 0. The molecule has 1 rings (SSSR count). The van der Waals surface area contributed by atoms with Crippen molar-refractivity contribution in [2.75, 3.05) is 0 Å². The molecule has 1 heterocycles. The van der Waals surface area contributed by atoms with E-state index in [-0.39, 0.29) is 6.61 Å². The lowest BCUT2D eigenvalue weighted by molar-refractivity contribution is 0.277. The van der Waals surface area contributed by atoms with Gasteiger partial charge in [-0.05, 0) is 0 Å². The molecule has 5 heteroatoms. The molecule has 0 aromatic carbocycles. The minimum atomic E-state index is -0.112. The van der Waals surface area contributed by atoms with Crippen LogP contribution in [0.3, 0.4) is 0 Å². The normalized spacial score (nSPS) is 11.9. The van der Waals surface area contributed by atoms with Gasteiger partial charge < -0.3 is 5.11 Å². The van der Waals surface area contributed by atoms with Crippen molar-refractivity contribution < 1.29 is 5.11 Å². The van der Waals surface area contributed by atoms with Crippen molar-refractivity contribution in [3.63, 3.8) is 0 Å². The summed E-state index contributed by atoms with van der Waals surface area (Å²) in [5.74, 6) is 0.414. The van der Waals surface area contributed by atoms with E-state index in [9.17, 15) is 0 Å². The van der Waals surface area contributed by atoms with Gasteiger partial charge in [-0.2, -0.15) is 0 Å². The van der Waals surface area contributed by atoms with E-state index >= 15 is 0 Å². The maximum atomic E-state index is 8.85. The van der Waals surface area contributed by atoms with Gasteiger partial charge in [-0.15, -0.1) is 0 Å².